The Bertz CT molecular complexity index is 769. The molecule has 5 nitrogen and oxygen atoms in total. The van der Waals surface area contributed by atoms with Gasteiger partial charge in [-0.2, -0.15) is 5.26 Å². The first-order valence-electron chi connectivity index (χ1n) is 7.38. The summed E-state index contributed by atoms with van der Waals surface area (Å²) >= 11 is 5.03. The SMILES string of the molecule is N#CC(C(=O)OCCOC(=O)Cl)=C(c1ccccc1)c1ccccc1. The predicted molar refractivity (Wildman–Crippen MR) is 92.7 cm³/mol. The normalized spacial score (nSPS) is 9.60. The molecule has 0 aromatic heterocycles. The van der Waals surface area contributed by atoms with Crippen LogP contribution >= 0.6 is 11.6 Å². The molecule has 0 radical (unpaired) electrons. The van der Waals surface area contributed by atoms with Crippen molar-refractivity contribution in [3.8, 4) is 6.07 Å². The molecule has 0 bridgehead atoms. The van der Waals surface area contributed by atoms with Gasteiger partial charge in [-0.15, -0.1) is 0 Å². The summed E-state index contributed by atoms with van der Waals surface area (Å²) in [6, 6.07) is 20.1. The third kappa shape index (κ3) is 5.20. The number of rotatable bonds is 6. The standard InChI is InChI=1S/C19H14ClNO4/c20-19(23)25-12-11-24-18(22)16(13-21)17(14-7-3-1-4-8-14)15-9-5-2-6-10-15/h1-10H,11-12H2. The van der Waals surface area contributed by atoms with Crippen LogP contribution in [0.4, 0.5) is 4.79 Å². The minimum absolute atomic E-state index is 0.130. The monoisotopic (exact) mass is 355 g/mol. The molecular weight excluding hydrogens is 342 g/mol. The summed E-state index contributed by atoms with van der Waals surface area (Å²) in [5.74, 6) is -0.796. The summed E-state index contributed by atoms with van der Waals surface area (Å²) in [6.07, 6.45) is 0. The Hall–Kier alpha value is -3.10. The Morgan fingerprint density at radius 1 is 0.880 bits per heavy atom. The van der Waals surface area contributed by atoms with E-state index >= 15 is 0 Å². The number of halogens is 1. The first-order valence-corrected chi connectivity index (χ1v) is 7.76. The predicted octanol–water partition coefficient (Wildman–Crippen LogP) is 3.93. The minimum Gasteiger partial charge on any atom is -0.458 e. The largest absolute Gasteiger partial charge is 0.458 e. The van der Waals surface area contributed by atoms with Gasteiger partial charge in [0.1, 0.15) is 24.9 Å². The Balaban J connectivity index is 2.36. The molecule has 0 aliphatic carbocycles. The number of hydrogen-bond acceptors (Lipinski definition) is 5. The highest BCUT2D eigenvalue weighted by atomic mass is 35.5. The summed E-state index contributed by atoms with van der Waals surface area (Å²) < 4.78 is 9.50. The van der Waals surface area contributed by atoms with Gasteiger partial charge in [-0.25, -0.2) is 9.59 Å². The smallest absolute Gasteiger partial charge is 0.403 e. The Morgan fingerprint density at radius 3 is 1.80 bits per heavy atom. The number of carbonyl (C=O) groups is 2. The van der Waals surface area contributed by atoms with Crippen LogP contribution in [0.15, 0.2) is 66.2 Å². The van der Waals surface area contributed by atoms with Gasteiger partial charge >= 0.3 is 11.4 Å². The number of benzene rings is 2. The molecule has 0 spiro atoms. The van der Waals surface area contributed by atoms with Gasteiger partial charge in [0, 0.05) is 17.2 Å². The minimum atomic E-state index is -0.985. The van der Waals surface area contributed by atoms with Crippen molar-refractivity contribution in [2.45, 2.75) is 0 Å². The van der Waals surface area contributed by atoms with E-state index in [9.17, 15) is 14.9 Å². The van der Waals surface area contributed by atoms with E-state index in [1.807, 2.05) is 66.7 Å². The molecule has 2 aromatic carbocycles. The Morgan fingerprint density at radius 2 is 1.36 bits per heavy atom. The number of carbonyl (C=O) groups excluding carboxylic acids is 2. The maximum atomic E-state index is 12.3. The lowest BCUT2D eigenvalue weighted by atomic mass is 9.93. The highest BCUT2D eigenvalue weighted by Gasteiger charge is 2.19. The molecule has 0 saturated heterocycles. The van der Waals surface area contributed by atoms with Crippen molar-refractivity contribution in [1.29, 1.82) is 5.26 Å². The van der Waals surface area contributed by atoms with Crippen LogP contribution in [0, 0.1) is 11.3 Å². The number of hydrogen-bond donors (Lipinski definition) is 0. The summed E-state index contributed by atoms with van der Waals surface area (Å²) in [5, 5.41) is 9.52. The maximum Gasteiger partial charge on any atom is 0.403 e. The van der Waals surface area contributed by atoms with Gasteiger partial charge in [-0.1, -0.05) is 60.7 Å². The molecule has 0 heterocycles. The molecule has 126 valence electrons. The van der Waals surface area contributed by atoms with Crippen LogP contribution in [0.3, 0.4) is 0 Å². The first-order chi connectivity index (χ1) is 12.1. The maximum absolute atomic E-state index is 12.3. The van der Waals surface area contributed by atoms with E-state index in [1.165, 1.54) is 0 Å². The fraction of sp³-hybridized carbons (Fsp3) is 0.105. The molecule has 2 rings (SSSR count). The highest BCUT2D eigenvalue weighted by molar-refractivity contribution is 6.61. The van der Waals surface area contributed by atoms with Crippen molar-refractivity contribution in [2.75, 3.05) is 13.2 Å². The lowest BCUT2D eigenvalue weighted by Gasteiger charge is -2.11. The number of nitrogens with zero attached hydrogens (tertiary/aromatic N) is 1. The molecule has 0 saturated carbocycles. The molecule has 25 heavy (non-hydrogen) atoms. The highest BCUT2D eigenvalue weighted by Crippen LogP contribution is 2.27. The van der Waals surface area contributed by atoms with Gasteiger partial charge in [0.2, 0.25) is 0 Å². The van der Waals surface area contributed by atoms with Gasteiger partial charge < -0.3 is 9.47 Å². The molecule has 2 aromatic rings. The molecule has 0 N–H and O–H groups in total. The second-order valence-electron chi connectivity index (χ2n) is 4.82. The molecule has 0 amide bonds. The summed E-state index contributed by atoms with van der Waals surface area (Å²) in [6.45, 7) is -0.377. The van der Waals surface area contributed by atoms with E-state index in [0.29, 0.717) is 5.57 Å². The van der Waals surface area contributed by atoms with Gasteiger partial charge in [0.05, 0.1) is 0 Å². The van der Waals surface area contributed by atoms with Gasteiger partial charge in [0.25, 0.3) is 0 Å². The first kappa shape index (κ1) is 18.2. The van der Waals surface area contributed by atoms with E-state index in [4.69, 9.17) is 16.3 Å². The topological polar surface area (TPSA) is 76.4 Å². The quantitative estimate of drug-likeness (QED) is 0.258. The summed E-state index contributed by atoms with van der Waals surface area (Å²) in [5.41, 5.74) is 0.794. The second-order valence-corrected chi connectivity index (χ2v) is 5.12. The zero-order valence-electron chi connectivity index (χ0n) is 13.1. The summed E-state index contributed by atoms with van der Waals surface area (Å²) in [4.78, 5) is 22.8. The van der Waals surface area contributed by atoms with E-state index in [2.05, 4.69) is 4.74 Å². The Kier molecular flexibility index (Phi) is 6.76. The van der Waals surface area contributed by atoms with Crippen molar-refractivity contribution in [1.82, 2.24) is 0 Å². The van der Waals surface area contributed by atoms with Crippen LogP contribution in [0.2, 0.25) is 0 Å². The average molecular weight is 356 g/mol. The van der Waals surface area contributed by atoms with E-state index < -0.39 is 11.4 Å². The fourth-order valence-corrected chi connectivity index (χ4v) is 2.27. The van der Waals surface area contributed by atoms with Crippen molar-refractivity contribution >= 4 is 28.6 Å². The van der Waals surface area contributed by atoms with Crippen LogP contribution < -0.4 is 0 Å². The zero-order valence-corrected chi connectivity index (χ0v) is 13.9. The van der Waals surface area contributed by atoms with E-state index in [-0.39, 0.29) is 18.8 Å². The molecule has 0 atom stereocenters. The van der Waals surface area contributed by atoms with Crippen molar-refractivity contribution in [3.05, 3.63) is 77.4 Å². The molecule has 0 unspecified atom stereocenters. The average Bonchev–Trinajstić information content (AvgIpc) is 2.64. The second kappa shape index (κ2) is 9.26. The van der Waals surface area contributed by atoms with Crippen LogP contribution in [0.25, 0.3) is 5.57 Å². The molecule has 0 aliphatic heterocycles. The number of ether oxygens (including phenoxy) is 2. The fourth-order valence-electron chi connectivity index (χ4n) is 2.20. The number of esters is 1. The van der Waals surface area contributed by atoms with Crippen molar-refractivity contribution in [2.24, 2.45) is 0 Å². The third-order valence-corrected chi connectivity index (χ3v) is 3.33. The van der Waals surface area contributed by atoms with Gasteiger partial charge in [-0.05, 0) is 11.1 Å². The van der Waals surface area contributed by atoms with Crippen molar-refractivity contribution in [3.63, 3.8) is 0 Å². The van der Waals surface area contributed by atoms with Gasteiger partial charge in [0.15, 0.2) is 0 Å². The number of nitriles is 1. The lowest BCUT2D eigenvalue weighted by Crippen LogP contribution is -2.14. The third-order valence-electron chi connectivity index (χ3n) is 3.22. The molecule has 6 heteroatoms. The van der Waals surface area contributed by atoms with E-state index in [1.54, 1.807) is 0 Å². The summed E-state index contributed by atoms with van der Waals surface area (Å²) in [7, 11) is 0. The van der Waals surface area contributed by atoms with Crippen LogP contribution in [-0.2, 0) is 14.3 Å². The van der Waals surface area contributed by atoms with Crippen LogP contribution in [0.1, 0.15) is 11.1 Å². The van der Waals surface area contributed by atoms with Crippen molar-refractivity contribution < 1.29 is 19.1 Å². The zero-order chi connectivity index (χ0) is 18.1. The molecular formula is C19H14ClNO4. The molecule has 0 fully saturated rings. The lowest BCUT2D eigenvalue weighted by molar-refractivity contribution is -0.139. The van der Waals surface area contributed by atoms with Crippen LogP contribution in [-0.4, -0.2) is 24.6 Å². The van der Waals surface area contributed by atoms with E-state index in [0.717, 1.165) is 11.1 Å². The van der Waals surface area contributed by atoms with Gasteiger partial charge in [-0.3, -0.25) is 0 Å². The van der Waals surface area contributed by atoms with Crippen LogP contribution in [0.5, 0.6) is 0 Å². The Labute approximate surface area is 150 Å². The molecule has 0 aliphatic rings.